The van der Waals surface area contributed by atoms with Crippen LogP contribution in [0.5, 0.6) is 5.75 Å². The van der Waals surface area contributed by atoms with Crippen molar-refractivity contribution in [3.8, 4) is 5.75 Å². The third-order valence-electron chi connectivity index (χ3n) is 8.11. The first-order valence-corrected chi connectivity index (χ1v) is 15.5. The highest BCUT2D eigenvalue weighted by Gasteiger charge is 2.36. The molecule has 11 nitrogen and oxygen atoms in total. The highest BCUT2D eigenvalue weighted by atomic mass is 16.5. The number of fused-ring (bicyclic) bond motifs is 2. The number of esters is 1. The van der Waals surface area contributed by atoms with Gasteiger partial charge in [0.2, 0.25) is 11.8 Å². The lowest BCUT2D eigenvalue weighted by Gasteiger charge is -2.35. The Kier molecular flexibility index (Phi) is 13.4. The quantitative estimate of drug-likeness (QED) is 0.380. The second-order valence-corrected chi connectivity index (χ2v) is 12.0. The molecular formula is C33H48N4O7. The molecule has 0 spiro atoms. The zero-order valence-corrected chi connectivity index (χ0v) is 26.5. The minimum Gasteiger partial charge on any atom is -0.508 e. The van der Waals surface area contributed by atoms with E-state index < -0.39 is 47.9 Å². The van der Waals surface area contributed by atoms with Crippen LogP contribution in [-0.4, -0.2) is 78.3 Å². The Morgan fingerprint density at radius 1 is 1.07 bits per heavy atom. The summed E-state index contributed by atoms with van der Waals surface area (Å²) in [5, 5.41) is 17.1. The maximum atomic E-state index is 13.9. The number of phenolic OH excluding ortho intramolecular Hbond substituents is 1. The Morgan fingerprint density at radius 3 is 2.52 bits per heavy atom. The van der Waals surface area contributed by atoms with E-state index in [0.29, 0.717) is 37.8 Å². The van der Waals surface area contributed by atoms with Gasteiger partial charge in [-0.1, -0.05) is 64.1 Å². The molecule has 242 valence electrons. The van der Waals surface area contributed by atoms with Crippen molar-refractivity contribution in [2.45, 2.75) is 84.0 Å². The summed E-state index contributed by atoms with van der Waals surface area (Å²) in [6, 6.07) is 3.81. The van der Waals surface area contributed by atoms with Crippen LogP contribution >= 0.6 is 0 Å². The van der Waals surface area contributed by atoms with Crippen LogP contribution in [0.1, 0.15) is 58.9 Å². The van der Waals surface area contributed by atoms with Crippen LogP contribution in [0.25, 0.3) is 0 Å². The fraction of sp³-hybridized carbons (Fsp3) is 0.576. The lowest BCUT2D eigenvalue weighted by atomic mass is 9.89. The first kappa shape index (κ1) is 34.8. The molecule has 2 bridgehead atoms. The van der Waals surface area contributed by atoms with Crippen LogP contribution in [0.15, 0.2) is 48.6 Å². The number of rotatable bonds is 4. The molecule has 3 rings (SSSR count). The number of aromatic hydroxyl groups is 1. The molecule has 2 aliphatic rings. The Hall–Kier alpha value is -3.70. The summed E-state index contributed by atoms with van der Waals surface area (Å²) in [5.41, 5.74) is 3.63. The third kappa shape index (κ3) is 9.92. The van der Waals surface area contributed by atoms with Crippen molar-refractivity contribution in [2.24, 2.45) is 17.8 Å². The maximum absolute atomic E-state index is 13.9. The minimum atomic E-state index is -1.04. The van der Waals surface area contributed by atoms with Crippen molar-refractivity contribution >= 4 is 23.7 Å². The van der Waals surface area contributed by atoms with E-state index in [0.717, 1.165) is 0 Å². The summed E-state index contributed by atoms with van der Waals surface area (Å²) >= 11 is 0. The summed E-state index contributed by atoms with van der Waals surface area (Å²) in [6.07, 6.45) is 9.70. The first-order valence-electron chi connectivity index (χ1n) is 15.5. The van der Waals surface area contributed by atoms with Crippen LogP contribution in [0.4, 0.5) is 0 Å². The molecule has 0 aromatic heterocycles. The van der Waals surface area contributed by atoms with Gasteiger partial charge < -0.3 is 25.2 Å². The molecule has 2 heterocycles. The van der Waals surface area contributed by atoms with E-state index >= 15 is 0 Å². The highest BCUT2D eigenvalue weighted by molar-refractivity contribution is 5.93. The Labute approximate surface area is 260 Å². The average Bonchev–Trinajstić information content (AvgIpc) is 2.99. The maximum Gasteiger partial charge on any atom is 0.324 e. The number of benzene rings is 1. The number of nitrogens with zero attached hydrogens (tertiary/aromatic N) is 1. The van der Waals surface area contributed by atoms with Crippen LogP contribution in [0.3, 0.4) is 0 Å². The molecule has 3 amide bonds. The molecule has 44 heavy (non-hydrogen) atoms. The van der Waals surface area contributed by atoms with Crippen LogP contribution in [0, 0.1) is 17.8 Å². The summed E-state index contributed by atoms with van der Waals surface area (Å²) in [7, 11) is 1.57. The molecule has 4 N–H and O–H groups in total. The van der Waals surface area contributed by atoms with E-state index in [9.17, 15) is 24.3 Å². The van der Waals surface area contributed by atoms with Crippen molar-refractivity contribution in [1.82, 2.24) is 21.1 Å². The molecular weight excluding hydrogens is 564 g/mol. The minimum absolute atomic E-state index is 0.0146. The van der Waals surface area contributed by atoms with Gasteiger partial charge in [-0.2, -0.15) is 0 Å². The SMILES string of the molecule is COC1C(C)C/C=C/C=C/CCOC(=O)C2CCCN(N2)C(=O)C(Cc2cccc(O)c2)NC(=O)C(C(C)C)NC(=O)C1C. The molecule has 1 fully saturated rings. The van der Waals surface area contributed by atoms with Gasteiger partial charge in [0.25, 0.3) is 5.91 Å². The second-order valence-electron chi connectivity index (χ2n) is 12.0. The third-order valence-corrected chi connectivity index (χ3v) is 8.11. The topological polar surface area (TPSA) is 146 Å². The van der Waals surface area contributed by atoms with Gasteiger partial charge in [-0.25, -0.2) is 5.43 Å². The molecule has 0 radical (unpaired) electrons. The van der Waals surface area contributed by atoms with Gasteiger partial charge in [0.15, 0.2) is 0 Å². The molecule has 11 heteroatoms. The van der Waals surface area contributed by atoms with Crippen LogP contribution in [-0.2, 0) is 35.1 Å². The first-order chi connectivity index (χ1) is 21.0. The van der Waals surface area contributed by atoms with E-state index in [-0.39, 0.29) is 36.5 Å². The fourth-order valence-electron chi connectivity index (χ4n) is 5.59. The molecule has 1 aromatic carbocycles. The Bertz CT molecular complexity index is 1200. The van der Waals surface area contributed by atoms with Gasteiger partial charge in [0, 0.05) is 20.1 Å². The number of carbonyl (C=O) groups is 4. The number of hydrazine groups is 1. The van der Waals surface area contributed by atoms with E-state index in [4.69, 9.17) is 9.47 Å². The summed E-state index contributed by atoms with van der Waals surface area (Å²) in [6.45, 7) is 7.98. The monoisotopic (exact) mass is 612 g/mol. The summed E-state index contributed by atoms with van der Waals surface area (Å²) < 4.78 is 11.2. The Balaban J connectivity index is 1.92. The number of hydrogen-bond acceptors (Lipinski definition) is 8. The summed E-state index contributed by atoms with van der Waals surface area (Å²) in [4.78, 5) is 53.8. The number of cyclic esters (lactones) is 1. The molecule has 1 saturated heterocycles. The van der Waals surface area contributed by atoms with Gasteiger partial charge in [-0.15, -0.1) is 0 Å². The number of hydrogen-bond donors (Lipinski definition) is 4. The van der Waals surface area contributed by atoms with Crippen molar-refractivity contribution in [1.29, 1.82) is 0 Å². The average molecular weight is 613 g/mol. The van der Waals surface area contributed by atoms with Gasteiger partial charge >= 0.3 is 5.97 Å². The molecule has 0 aliphatic carbocycles. The van der Waals surface area contributed by atoms with E-state index in [2.05, 4.69) is 16.1 Å². The van der Waals surface area contributed by atoms with Crippen LogP contribution in [0.2, 0.25) is 0 Å². The van der Waals surface area contributed by atoms with E-state index in [1.54, 1.807) is 26.2 Å². The normalized spacial score (nSPS) is 29.9. The zero-order chi connectivity index (χ0) is 32.2. The lowest BCUT2D eigenvalue weighted by molar-refractivity contribution is -0.153. The molecule has 6 unspecified atom stereocenters. The Morgan fingerprint density at radius 2 is 1.82 bits per heavy atom. The molecule has 0 saturated carbocycles. The summed E-state index contributed by atoms with van der Waals surface area (Å²) in [5.74, 6) is -2.49. The number of carbonyl (C=O) groups excluding carboxylic acids is 4. The number of methoxy groups -OCH3 is 1. The molecule has 6 atom stereocenters. The molecule has 1 aromatic rings. The van der Waals surface area contributed by atoms with E-state index in [1.165, 1.54) is 17.1 Å². The zero-order valence-electron chi connectivity index (χ0n) is 26.5. The second kappa shape index (κ2) is 17.0. The smallest absolute Gasteiger partial charge is 0.324 e. The van der Waals surface area contributed by atoms with Crippen LogP contribution < -0.4 is 16.1 Å². The highest BCUT2D eigenvalue weighted by Crippen LogP contribution is 2.21. The van der Waals surface area contributed by atoms with Crippen molar-refractivity contribution in [3.63, 3.8) is 0 Å². The number of ether oxygens (including phenoxy) is 2. The van der Waals surface area contributed by atoms with E-state index in [1.807, 2.05) is 45.1 Å². The van der Waals surface area contributed by atoms with Gasteiger partial charge in [-0.05, 0) is 55.2 Å². The van der Waals surface area contributed by atoms with Crippen molar-refractivity contribution < 1.29 is 33.8 Å². The standard InChI is InChI=1S/C33H48N4O7/c1-21(2)28-31(40)34-27(20-24-14-11-15-25(38)19-24)32(41)37-17-12-16-26(36-37)33(42)44-18-10-8-6-7-9-13-22(3)29(43-5)23(4)30(39)35-28/h6-9,11,14-15,19,21-23,26-29,36,38H,10,12-13,16-18,20H2,1-5H3,(H,34,40)(H,35,39)/b8-6+,9-7+. The predicted octanol–water partition coefficient (Wildman–Crippen LogP) is 2.79. The van der Waals surface area contributed by atoms with Gasteiger partial charge in [0.1, 0.15) is 23.9 Å². The number of nitrogens with one attached hydrogen (secondary N) is 3. The van der Waals surface area contributed by atoms with Crippen molar-refractivity contribution in [2.75, 3.05) is 20.3 Å². The number of phenols is 1. The fourth-order valence-corrected chi connectivity index (χ4v) is 5.59. The number of allylic oxidation sites excluding steroid dienone is 3. The van der Waals surface area contributed by atoms with Crippen molar-refractivity contribution in [3.05, 3.63) is 54.1 Å². The number of amides is 3. The largest absolute Gasteiger partial charge is 0.508 e. The van der Waals surface area contributed by atoms with Gasteiger partial charge in [0.05, 0.1) is 18.6 Å². The lowest BCUT2D eigenvalue weighted by Crippen LogP contribution is -2.62. The van der Waals surface area contributed by atoms with Gasteiger partial charge in [-0.3, -0.25) is 24.2 Å². The molecule has 2 aliphatic heterocycles. The predicted molar refractivity (Wildman–Crippen MR) is 166 cm³/mol.